The van der Waals surface area contributed by atoms with Crippen LogP contribution >= 0.6 is 15.9 Å². The molecule has 7 heteroatoms. The van der Waals surface area contributed by atoms with Gasteiger partial charge in [0.25, 0.3) is 0 Å². The summed E-state index contributed by atoms with van der Waals surface area (Å²) in [4.78, 5) is 0. The second kappa shape index (κ2) is 6.32. The zero-order valence-corrected chi connectivity index (χ0v) is 11.8. The molecule has 2 aromatic rings. The summed E-state index contributed by atoms with van der Waals surface area (Å²) in [5.41, 5.74) is 1.84. The van der Waals surface area contributed by atoms with Crippen LogP contribution in [0.1, 0.15) is 11.1 Å². The summed E-state index contributed by atoms with van der Waals surface area (Å²) in [5, 5.41) is 3.16. The average Bonchev–Trinajstić information content (AvgIpc) is 2.84. The molecule has 0 spiro atoms. The summed E-state index contributed by atoms with van der Waals surface area (Å²) >= 11 is 3.06. The highest BCUT2D eigenvalue weighted by Crippen LogP contribution is 2.31. The van der Waals surface area contributed by atoms with E-state index < -0.39 is 6.36 Å². The highest BCUT2D eigenvalue weighted by Gasteiger charge is 2.31. The van der Waals surface area contributed by atoms with Gasteiger partial charge in [0.2, 0.25) is 0 Å². The summed E-state index contributed by atoms with van der Waals surface area (Å²) in [5.74, 6) is -0.254. The van der Waals surface area contributed by atoms with E-state index in [1.807, 2.05) is 6.07 Å². The van der Waals surface area contributed by atoms with Crippen molar-refractivity contribution in [2.24, 2.45) is 0 Å². The fourth-order valence-corrected chi connectivity index (χ4v) is 2.11. The smallest absolute Gasteiger partial charge is 0.472 e. The van der Waals surface area contributed by atoms with Gasteiger partial charge < -0.3 is 14.5 Å². The Morgan fingerprint density at radius 1 is 1.15 bits per heavy atom. The maximum atomic E-state index is 12.1. The van der Waals surface area contributed by atoms with Gasteiger partial charge in [0, 0.05) is 18.7 Å². The van der Waals surface area contributed by atoms with Crippen LogP contribution in [-0.2, 0) is 13.1 Å². The maximum Gasteiger partial charge on any atom is 0.573 e. The quantitative estimate of drug-likeness (QED) is 0.876. The van der Waals surface area contributed by atoms with Gasteiger partial charge in [-0.2, -0.15) is 0 Å². The molecule has 0 amide bonds. The molecule has 1 N–H and O–H groups in total. The minimum absolute atomic E-state index is 0.254. The molecule has 1 heterocycles. The molecule has 1 aromatic carbocycles. The molecule has 0 saturated carbocycles. The van der Waals surface area contributed by atoms with Gasteiger partial charge in [-0.1, -0.05) is 6.07 Å². The number of benzene rings is 1. The minimum Gasteiger partial charge on any atom is -0.472 e. The SMILES string of the molecule is FC(F)(F)Oc1ccc(CNCc2ccoc2)cc1Br. The molecule has 0 bridgehead atoms. The lowest BCUT2D eigenvalue weighted by molar-refractivity contribution is -0.274. The second-order valence-corrected chi connectivity index (χ2v) is 4.90. The van der Waals surface area contributed by atoms with Crippen molar-refractivity contribution in [2.45, 2.75) is 19.5 Å². The summed E-state index contributed by atoms with van der Waals surface area (Å²) < 4.78 is 45.4. The largest absolute Gasteiger partial charge is 0.573 e. The molecule has 0 aliphatic carbocycles. The van der Waals surface area contributed by atoms with Crippen LogP contribution in [0, 0.1) is 0 Å². The number of furan rings is 1. The molecule has 0 saturated heterocycles. The van der Waals surface area contributed by atoms with Crippen molar-refractivity contribution < 1.29 is 22.3 Å². The van der Waals surface area contributed by atoms with Gasteiger partial charge >= 0.3 is 6.36 Å². The van der Waals surface area contributed by atoms with Crippen LogP contribution in [0.5, 0.6) is 5.75 Å². The summed E-state index contributed by atoms with van der Waals surface area (Å²) in [6.45, 7) is 1.14. The van der Waals surface area contributed by atoms with Crippen molar-refractivity contribution in [1.29, 1.82) is 0 Å². The highest BCUT2D eigenvalue weighted by molar-refractivity contribution is 9.10. The van der Waals surface area contributed by atoms with Crippen LogP contribution < -0.4 is 10.1 Å². The van der Waals surface area contributed by atoms with Crippen molar-refractivity contribution in [1.82, 2.24) is 5.32 Å². The Labute approximate surface area is 121 Å². The Bertz CT molecular complexity index is 555. The Morgan fingerprint density at radius 3 is 2.50 bits per heavy atom. The standard InChI is InChI=1S/C13H11BrF3NO2/c14-11-5-9(1-2-12(11)20-13(15,16)17)6-18-7-10-3-4-19-8-10/h1-5,8,18H,6-7H2. The molecule has 0 aliphatic rings. The third-order valence-electron chi connectivity index (χ3n) is 2.46. The lowest BCUT2D eigenvalue weighted by Crippen LogP contribution is -2.17. The van der Waals surface area contributed by atoms with Crippen LogP contribution in [0.4, 0.5) is 13.2 Å². The zero-order valence-electron chi connectivity index (χ0n) is 10.2. The molecule has 0 unspecified atom stereocenters. The molecular formula is C13H11BrF3NO2. The van der Waals surface area contributed by atoms with Crippen LogP contribution in [0.3, 0.4) is 0 Å². The van der Waals surface area contributed by atoms with Gasteiger partial charge in [0.05, 0.1) is 17.0 Å². The number of ether oxygens (including phenoxy) is 1. The van der Waals surface area contributed by atoms with Crippen molar-refractivity contribution in [3.05, 3.63) is 52.4 Å². The minimum atomic E-state index is -4.69. The number of alkyl halides is 3. The first-order chi connectivity index (χ1) is 9.44. The van der Waals surface area contributed by atoms with Crippen LogP contribution in [0.25, 0.3) is 0 Å². The van der Waals surface area contributed by atoms with E-state index in [1.54, 1.807) is 24.7 Å². The van der Waals surface area contributed by atoms with Gasteiger partial charge in [0.1, 0.15) is 5.75 Å². The molecule has 0 atom stereocenters. The topological polar surface area (TPSA) is 34.4 Å². The van der Waals surface area contributed by atoms with E-state index in [9.17, 15) is 13.2 Å². The monoisotopic (exact) mass is 349 g/mol. The Hall–Kier alpha value is -1.47. The van der Waals surface area contributed by atoms with Crippen LogP contribution in [-0.4, -0.2) is 6.36 Å². The molecular weight excluding hydrogens is 339 g/mol. The van der Waals surface area contributed by atoms with E-state index in [1.165, 1.54) is 6.07 Å². The van der Waals surface area contributed by atoms with Gasteiger partial charge in [0.15, 0.2) is 0 Å². The normalized spacial score (nSPS) is 11.6. The van der Waals surface area contributed by atoms with Crippen LogP contribution in [0.15, 0.2) is 45.7 Å². The third-order valence-corrected chi connectivity index (χ3v) is 3.08. The van der Waals surface area contributed by atoms with Gasteiger partial charge in [-0.05, 0) is 39.7 Å². The predicted octanol–water partition coefficient (Wildman–Crippen LogP) is 4.23. The van der Waals surface area contributed by atoms with E-state index in [4.69, 9.17) is 4.42 Å². The lowest BCUT2D eigenvalue weighted by atomic mass is 10.2. The van der Waals surface area contributed by atoms with Crippen molar-refractivity contribution in [3.8, 4) is 5.75 Å². The molecule has 1 aromatic heterocycles. The fourth-order valence-electron chi connectivity index (χ4n) is 1.61. The van der Waals surface area contributed by atoms with E-state index in [0.29, 0.717) is 13.1 Å². The van der Waals surface area contributed by atoms with E-state index >= 15 is 0 Å². The van der Waals surface area contributed by atoms with E-state index in [2.05, 4.69) is 26.0 Å². The van der Waals surface area contributed by atoms with Gasteiger partial charge in [-0.25, -0.2) is 0 Å². The van der Waals surface area contributed by atoms with Crippen LogP contribution in [0.2, 0.25) is 0 Å². The molecule has 0 fully saturated rings. The van der Waals surface area contributed by atoms with Crippen molar-refractivity contribution >= 4 is 15.9 Å². The third kappa shape index (κ3) is 4.57. The summed E-state index contributed by atoms with van der Waals surface area (Å²) in [7, 11) is 0. The van der Waals surface area contributed by atoms with Crippen molar-refractivity contribution in [3.63, 3.8) is 0 Å². The molecule has 0 aliphatic heterocycles. The van der Waals surface area contributed by atoms with Crippen molar-refractivity contribution in [2.75, 3.05) is 0 Å². The average molecular weight is 350 g/mol. The van der Waals surface area contributed by atoms with Gasteiger partial charge in [-0.15, -0.1) is 13.2 Å². The Morgan fingerprint density at radius 2 is 1.90 bits per heavy atom. The predicted molar refractivity (Wildman–Crippen MR) is 70.1 cm³/mol. The number of rotatable bonds is 5. The van der Waals surface area contributed by atoms with E-state index in [-0.39, 0.29) is 10.2 Å². The molecule has 3 nitrogen and oxygen atoms in total. The first-order valence-electron chi connectivity index (χ1n) is 5.70. The number of hydrogen-bond donors (Lipinski definition) is 1. The summed E-state index contributed by atoms with van der Waals surface area (Å²) in [6.07, 6.45) is -1.48. The molecule has 20 heavy (non-hydrogen) atoms. The first kappa shape index (κ1) is 14.9. The lowest BCUT2D eigenvalue weighted by Gasteiger charge is -2.11. The maximum absolute atomic E-state index is 12.1. The summed E-state index contributed by atoms with van der Waals surface area (Å²) in [6, 6.07) is 6.28. The number of nitrogens with one attached hydrogen (secondary N) is 1. The Balaban J connectivity index is 1.91. The second-order valence-electron chi connectivity index (χ2n) is 4.05. The number of halogens is 4. The first-order valence-corrected chi connectivity index (χ1v) is 6.49. The molecule has 108 valence electrons. The van der Waals surface area contributed by atoms with Gasteiger partial charge in [-0.3, -0.25) is 0 Å². The Kier molecular flexibility index (Phi) is 4.72. The van der Waals surface area contributed by atoms with E-state index in [0.717, 1.165) is 11.1 Å². The fraction of sp³-hybridized carbons (Fsp3) is 0.231. The molecule has 2 rings (SSSR count). The highest BCUT2D eigenvalue weighted by atomic mass is 79.9. The molecule has 0 radical (unpaired) electrons. The number of hydrogen-bond acceptors (Lipinski definition) is 3. The zero-order chi connectivity index (χ0) is 14.6.